The van der Waals surface area contributed by atoms with E-state index in [0.29, 0.717) is 5.82 Å². The minimum atomic E-state index is 0.685. The molecule has 3 nitrogen and oxygen atoms in total. The van der Waals surface area contributed by atoms with Gasteiger partial charge in [-0.3, -0.25) is 0 Å². The number of aromatic nitrogens is 2. The summed E-state index contributed by atoms with van der Waals surface area (Å²) in [5.74, 6) is 0.685. The van der Waals surface area contributed by atoms with Crippen molar-refractivity contribution in [3.05, 3.63) is 146 Å². The Morgan fingerprint density at radius 3 is 1.79 bits per heavy atom. The Bertz CT molecular complexity index is 2440. The topological polar surface area (TPSA) is 38.9 Å². The lowest BCUT2D eigenvalue weighted by molar-refractivity contribution is 0.670. The van der Waals surface area contributed by atoms with E-state index in [1.54, 1.807) is 0 Å². The smallest absolute Gasteiger partial charge is 0.160 e. The summed E-state index contributed by atoms with van der Waals surface area (Å²) in [6, 6.07) is 50.6. The molecule has 0 aliphatic rings. The van der Waals surface area contributed by atoms with Crippen molar-refractivity contribution in [3.8, 4) is 45.0 Å². The van der Waals surface area contributed by atoms with Crippen LogP contribution >= 0.6 is 0 Å². The van der Waals surface area contributed by atoms with Crippen LogP contribution in [0.2, 0.25) is 0 Å². The van der Waals surface area contributed by atoms with Gasteiger partial charge in [-0.2, -0.15) is 0 Å². The van der Waals surface area contributed by atoms with E-state index in [9.17, 15) is 0 Å². The maximum Gasteiger partial charge on any atom is 0.160 e. The lowest BCUT2D eigenvalue weighted by Crippen LogP contribution is -1.96. The fraction of sp³-hybridized carbons (Fsp3) is 0. The van der Waals surface area contributed by atoms with Gasteiger partial charge in [0.1, 0.15) is 11.2 Å². The summed E-state index contributed by atoms with van der Waals surface area (Å²) in [7, 11) is 0. The van der Waals surface area contributed by atoms with E-state index in [1.165, 1.54) is 32.5 Å². The monoisotopic (exact) mass is 548 g/mol. The Hall–Kier alpha value is -5.80. The Kier molecular flexibility index (Phi) is 5.20. The molecule has 2 aromatic heterocycles. The Morgan fingerprint density at radius 1 is 0.395 bits per heavy atom. The van der Waals surface area contributed by atoms with E-state index < -0.39 is 0 Å². The van der Waals surface area contributed by atoms with Crippen LogP contribution in [-0.2, 0) is 0 Å². The van der Waals surface area contributed by atoms with Crippen LogP contribution in [0.1, 0.15) is 0 Å². The van der Waals surface area contributed by atoms with Crippen molar-refractivity contribution in [1.29, 1.82) is 0 Å². The van der Waals surface area contributed by atoms with E-state index in [0.717, 1.165) is 50.2 Å². The molecular weight excluding hydrogens is 524 g/mol. The van der Waals surface area contributed by atoms with Crippen molar-refractivity contribution >= 4 is 43.5 Å². The lowest BCUT2D eigenvalue weighted by atomic mass is 9.92. The van der Waals surface area contributed by atoms with E-state index in [4.69, 9.17) is 14.4 Å². The molecule has 0 atom stereocenters. The second-order valence-corrected chi connectivity index (χ2v) is 11.0. The minimum absolute atomic E-state index is 0.685. The molecule has 0 N–H and O–H groups in total. The van der Waals surface area contributed by atoms with Crippen LogP contribution in [0.5, 0.6) is 0 Å². The molecule has 7 aromatic carbocycles. The number of furan rings is 1. The van der Waals surface area contributed by atoms with Crippen molar-refractivity contribution in [2.45, 2.75) is 0 Å². The quantitative estimate of drug-likeness (QED) is 0.205. The maximum absolute atomic E-state index is 6.68. The predicted octanol–water partition coefficient (Wildman–Crippen LogP) is 10.8. The lowest BCUT2D eigenvalue weighted by Gasteiger charge is -2.12. The molecule has 0 aliphatic heterocycles. The van der Waals surface area contributed by atoms with Crippen LogP contribution in [0.15, 0.2) is 150 Å². The second-order valence-electron chi connectivity index (χ2n) is 11.0. The zero-order valence-electron chi connectivity index (χ0n) is 23.2. The molecule has 9 rings (SSSR count). The summed E-state index contributed by atoms with van der Waals surface area (Å²) < 4.78 is 6.68. The van der Waals surface area contributed by atoms with Crippen molar-refractivity contribution in [2.75, 3.05) is 0 Å². The van der Waals surface area contributed by atoms with Gasteiger partial charge >= 0.3 is 0 Å². The summed E-state index contributed by atoms with van der Waals surface area (Å²) in [5.41, 5.74) is 8.74. The summed E-state index contributed by atoms with van der Waals surface area (Å²) in [6.45, 7) is 0. The predicted molar refractivity (Wildman–Crippen MR) is 177 cm³/mol. The van der Waals surface area contributed by atoms with Gasteiger partial charge in [0.15, 0.2) is 5.82 Å². The van der Waals surface area contributed by atoms with Crippen molar-refractivity contribution in [3.63, 3.8) is 0 Å². The van der Waals surface area contributed by atoms with Gasteiger partial charge in [-0.15, -0.1) is 0 Å². The Morgan fingerprint density at radius 2 is 1.00 bits per heavy atom. The van der Waals surface area contributed by atoms with Crippen LogP contribution in [0, 0.1) is 0 Å². The molecule has 200 valence electrons. The van der Waals surface area contributed by atoms with Crippen LogP contribution in [-0.4, -0.2) is 9.97 Å². The standard InChI is InChI=1S/C40H24N2O/c1-3-11-25(12-4-1)27-15-9-16-28(23-27)34-24-35(42-40(41-34)26-13-5-2-6-14-26)33-22-21-32-30-18-8-7-17-29(30)31-19-10-20-36-37(31)38(32)39(33)43-36/h1-24H. The highest BCUT2D eigenvalue weighted by atomic mass is 16.3. The molecular formula is C40H24N2O. The molecule has 0 spiro atoms. The molecule has 0 fully saturated rings. The molecule has 9 aromatic rings. The van der Waals surface area contributed by atoms with Gasteiger partial charge < -0.3 is 4.42 Å². The van der Waals surface area contributed by atoms with Crippen molar-refractivity contribution < 1.29 is 4.42 Å². The first-order valence-electron chi connectivity index (χ1n) is 14.5. The highest BCUT2D eigenvalue weighted by molar-refractivity contribution is 6.34. The zero-order valence-corrected chi connectivity index (χ0v) is 23.2. The van der Waals surface area contributed by atoms with Gasteiger partial charge in [0, 0.05) is 27.5 Å². The maximum atomic E-state index is 6.68. The van der Waals surface area contributed by atoms with E-state index >= 15 is 0 Å². The Labute approximate surface area is 248 Å². The fourth-order valence-corrected chi connectivity index (χ4v) is 6.46. The molecule has 0 saturated heterocycles. The fourth-order valence-electron chi connectivity index (χ4n) is 6.46. The Balaban J connectivity index is 1.32. The van der Waals surface area contributed by atoms with Crippen LogP contribution in [0.3, 0.4) is 0 Å². The normalized spacial score (nSPS) is 11.7. The second kappa shape index (κ2) is 9.37. The molecule has 0 radical (unpaired) electrons. The first kappa shape index (κ1) is 23.9. The summed E-state index contributed by atoms with van der Waals surface area (Å²) in [5, 5.41) is 7.19. The molecule has 43 heavy (non-hydrogen) atoms. The first-order valence-corrected chi connectivity index (χ1v) is 14.5. The zero-order chi connectivity index (χ0) is 28.3. The molecule has 0 amide bonds. The largest absolute Gasteiger partial charge is 0.455 e. The third-order valence-electron chi connectivity index (χ3n) is 8.45. The number of benzene rings is 7. The highest BCUT2D eigenvalue weighted by Gasteiger charge is 2.21. The average Bonchev–Trinajstić information content (AvgIpc) is 3.49. The van der Waals surface area contributed by atoms with E-state index in [1.807, 2.05) is 24.3 Å². The first-order chi connectivity index (χ1) is 21.3. The third kappa shape index (κ3) is 3.75. The minimum Gasteiger partial charge on any atom is -0.455 e. The van der Waals surface area contributed by atoms with Gasteiger partial charge in [-0.25, -0.2) is 9.97 Å². The molecule has 2 heterocycles. The number of rotatable bonds is 4. The molecule has 0 aliphatic carbocycles. The molecule has 0 unspecified atom stereocenters. The van der Waals surface area contributed by atoms with Gasteiger partial charge in [0.25, 0.3) is 0 Å². The summed E-state index contributed by atoms with van der Waals surface area (Å²) >= 11 is 0. The van der Waals surface area contributed by atoms with Crippen LogP contribution in [0.25, 0.3) is 88.5 Å². The number of hydrogen-bond donors (Lipinski definition) is 0. The summed E-state index contributed by atoms with van der Waals surface area (Å²) in [6.07, 6.45) is 0. The van der Waals surface area contributed by atoms with Gasteiger partial charge in [-0.1, -0.05) is 121 Å². The molecule has 0 saturated carbocycles. The SMILES string of the molecule is c1ccc(-c2cccc(-c3cc(-c4ccc5c6ccccc6c6cccc7oc4c5c76)nc(-c4ccccc4)n3)c2)cc1. The summed E-state index contributed by atoms with van der Waals surface area (Å²) in [4.78, 5) is 10.2. The van der Waals surface area contributed by atoms with Crippen molar-refractivity contribution in [2.24, 2.45) is 0 Å². The molecule has 0 bridgehead atoms. The van der Waals surface area contributed by atoms with Gasteiger partial charge in [0.2, 0.25) is 0 Å². The van der Waals surface area contributed by atoms with Gasteiger partial charge in [0.05, 0.1) is 11.4 Å². The van der Waals surface area contributed by atoms with Crippen molar-refractivity contribution in [1.82, 2.24) is 9.97 Å². The van der Waals surface area contributed by atoms with Gasteiger partial charge in [-0.05, 0) is 56.9 Å². The average molecular weight is 549 g/mol. The third-order valence-corrected chi connectivity index (χ3v) is 8.45. The van der Waals surface area contributed by atoms with E-state index in [2.05, 4.69) is 121 Å². The van der Waals surface area contributed by atoms with Crippen LogP contribution in [0.4, 0.5) is 0 Å². The van der Waals surface area contributed by atoms with E-state index in [-0.39, 0.29) is 0 Å². The molecule has 3 heteroatoms. The highest BCUT2D eigenvalue weighted by Crippen LogP contribution is 2.45. The van der Waals surface area contributed by atoms with Crippen LogP contribution < -0.4 is 0 Å². The number of fused-ring (bicyclic) bond motifs is 3. The number of hydrogen-bond acceptors (Lipinski definition) is 3. The number of nitrogens with zero attached hydrogens (tertiary/aromatic N) is 2.